The van der Waals surface area contributed by atoms with E-state index >= 15 is 4.79 Å². The Morgan fingerprint density at radius 2 is 0.966 bits per heavy atom. The lowest BCUT2D eigenvalue weighted by Crippen LogP contribution is -2.61. The molecule has 1 fully saturated rings. The summed E-state index contributed by atoms with van der Waals surface area (Å²) in [7, 11) is 9.99. The van der Waals surface area contributed by atoms with Gasteiger partial charge in [-0.15, -0.1) is 0 Å². The molecule has 0 unspecified atom stereocenters. The number of imide groups is 1. The van der Waals surface area contributed by atoms with Crippen molar-refractivity contribution in [3.8, 4) is 0 Å². The summed E-state index contributed by atoms with van der Waals surface area (Å²) in [5.41, 5.74) is 7.37. The number of likely N-dealkylation sites (tertiary alicyclic amines) is 1. The Bertz CT molecular complexity index is 2650. The maximum absolute atomic E-state index is 15.2. The number of nitrogens with two attached hydrogens (primary N) is 1. The molecule has 1 aliphatic heterocycles. The molecule has 0 aliphatic carbocycles. The number of nitrogens with one attached hydrogen (secondary N) is 2. The minimum atomic E-state index is -1.54. The number of hydrogen-bond donors (Lipinski definition) is 4. The fraction of sp³-hybridized carbons (Fsp3) is 0.641. The maximum atomic E-state index is 15.2. The van der Waals surface area contributed by atoms with Crippen molar-refractivity contribution in [1.29, 1.82) is 0 Å². The molecule has 23 nitrogen and oxygen atoms in total. The third kappa shape index (κ3) is 21.8. The fourth-order valence-corrected chi connectivity index (χ4v) is 10.7. The number of piperidine rings is 1. The van der Waals surface area contributed by atoms with Gasteiger partial charge in [0.25, 0.3) is 5.91 Å². The molecule has 87 heavy (non-hydrogen) atoms. The van der Waals surface area contributed by atoms with Gasteiger partial charge in [0, 0.05) is 88.2 Å². The molecule has 0 saturated carbocycles. The average Bonchev–Trinajstić information content (AvgIpc) is 2.23. The molecular weight excluding hydrogens is 1110 g/mol. The summed E-state index contributed by atoms with van der Waals surface area (Å²) in [5, 5.41) is 15.8. The van der Waals surface area contributed by atoms with Crippen molar-refractivity contribution in [1.82, 2.24) is 49.8 Å². The third-order valence-electron chi connectivity index (χ3n) is 16.4. The molecule has 9 atom stereocenters. The first-order valence-corrected chi connectivity index (χ1v) is 30.5. The van der Waals surface area contributed by atoms with Gasteiger partial charge < -0.3 is 55.4 Å². The molecule has 1 saturated heterocycles. The van der Waals surface area contributed by atoms with E-state index in [1.807, 2.05) is 41.5 Å². The lowest BCUT2D eigenvalue weighted by molar-refractivity contribution is -0.152. The van der Waals surface area contributed by atoms with Gasteiger partial charge in [-0.25, -0.2) is 4.79 Å². The van der Waals surface area contributed by atoms with Crippen LogP contribution in [0, 0.1) is 17.8 Å². The van der Waals surface area contributed by atoms with Gasteiger partial charge in [0.2, 0.25) is 47.3 Å². The SMILES string of the molecule is CC(=O)[C@H](CC(C)C)N(C)C(=O)[C@H](CC(C)C)N(C)C(=O)[C@H](CC(C)C)N(C)C(=O)NC(=O)[C@H](Cc1ccccc1)N(C)C(=O)[C@H](Cc1ccccc1)N(C)C(=O)[C@H](C)N(C)C(=O)[C@@H](NC(=O)CCN(C)C(=O)C[C@H](N)C(=O)N1CCCCC1)[C@@H](C)O. The number of ketones is 1. The number of hydrogen-bond acceptors (Lipinski definition) is 13. The van der Waals surface area contributed by atoms with Crippen molar-refractivity contribution < 1.29 is 57.8 Å². The molecule has 5 N–H and O–H groups in total. The van der Waals surface area contributed by atoms with Gasteiger partial charge in [-0.05, 0) is 88.2 Å². The zero-order valence-corrected chi connectivity index (χ0v) is 54.5. The molecular formula is C64H101N11O12. The molecule has 11 amide bonds. The number of aliphatic hydroxyl groups is 1. The Balaban J connectivity index is 1.91. The van der Waals surface area contributed by atoms with Crippen molar-refractivity contribution in [2.75, 3.05) is 69.0 Å². The van der Waals surface area contributed by atoms with E-state index in [-0.39, 0.29) is 74.5 Å². The Hall–Kier alpha value is -7.27. The third-order valence-corrected chi connectivity index (χ3v) is 16.4. The topological polar surface area (TPSA) is 284 Å². The molecule has 3 rings (SSSR count). The van der Waals surface area contributed by atoms with Crippen LogP contribution in [0.4, 0.5) is 4.79 Å². The summed E-state index contributed by atoms with van der Waals surface area (Å²) in [6, 6.07) is 7.21. The largest absolute Gasteiger partial charge is 0.391 e. The second-order valence-corrected chi connectivity index (χ2v) is 24.8. The van der Waals surface area contributed by atoms with Crippen LogP contribution in [-0.4, -0.2) is 233 Å². The number of amides is 11. The number of carbonyl (C=O) groups is 11. The van der Waals surface area contributed by atoms with E-state index in [1.165, 1.54) is 82.7 Å². The standard InChI is InChI=1S/C64H101N11O12/c1-40(2)34-49(44(8)76)70(12)60(83)51(35-41(3)4)73(15)61(84)52(36-42(5)6)74(16)64(87)67-57(80)50(37-46-26-20-17-21-27-46)71(13)62(85)53(38-47-28-22-18-23-29-47)72(14)58(81)43(7)69(11)63(86)56(45(9)77)66-54(78)30-33-68(10)55(79)39-48(65)59(82)75-31-24-19-25-32-75/h17-18,20-23,26-29,40-43,45,48-53,56,77H,19,24-25,30-39,65H2,1-16H3,(H,66,78)(H,67,80,87)/t43-,45+,48-,49-,50-,51-,52-,53-,56-/m0/s1. The Morgan fingerprint density at radius 3 is 1.44 bits per heavy atom. The number of Topliss-reactive ketones (excluding diaryl/α,β-unsaturated/α-hetero) is 1. The summed E-state index contributed by atoms with van der Waals surface area (Å²) in [6.07, 6.45) is 1.44. The first-order chi connectivity index (χ1) is 40.7. The summed E-state index contributed by atoms with van der Waals surface area (Å²) in [6.45, 7) is 16.7. The Morgan fingerprint density at radius 1 is 0.540 bits per heavy atom. The minimum absolute atomic E-state index is 0.0484. The normalized spacial score (nSPS) is 15.5. The number of aliphatic hydroxyl groups excluding tert-OH is 1. The molecule has 2 aromatic rings. The van der Waals surface area contributed by atoms with Crippen LogP contribution >= 0.6 is 0 Å². The summed E-state index contributed by atoms with van der Waals surface area (Å²) in [4.78, 5) is 165. The van der Waals surface area contributed by atoms with E-state index in [4.69, 9.17) is 5.73 Å². The second kappa shape index (κ2) is 34.9. The molecule has 0 spiro atoms. The average molecular weight is 1220 g/mol. The van der Waals surface area contributed by atoms with Crippen LogP contribution in [0.15, 0.2) is 60.7 Å². The number of rotatable bonds is 31. The van der Waals surface area contributed by atoms with Crippen LogP contribution < -0.4 is 16.4 Å². The predicted octanol–water partition coefficient (Wildman–Crippen LogP) is 3.33. The van der Waals surface area contributed by atoms with E-state index in [2.05, 4.69) is 10.6 Å². The lowest BCUT2D eigenvalue weighted by atomic mass is 9.95. The first-order valence-electron chi connectivity index (χ1n) is 30.5. The van der Waals surface area contributed by atoms with Gasteiger partial charge in [-0.1, -0.05) is 102 Å². The van der Waals surface area contributed by atoms with E-state index in [0.29, 0.717) is 30.6 Å². The maximum Gasteiger partial charge on any atom is 0.324 e. The van der Waals surface area contributed by atoms with Crippen molar-refractivity contribution in [2.45, 2.75) is 181 Å². The lowest BCUT2D eigenvalue weighted by Gasteiger charge is -2.38. The van der Waals surface area contributed by atoms with E-state index in [9.17, 15) is 53.1 Å². The van der Waals surface area contributed by atoms with Crippen LogP contribution in [0.1, 0.15) is 125 Å². The van der Waals surface area contributed by atoms with E-state index in [1.54, 1.807) is 72.6 Å². The molecule has 0 aromatic heterocycles. The van der Waals surface area contributed by atoms with E-state index in [0.717, 1.165) is 34.0 Å². The fourth-order valence-electron chi connectivity index (χ4n) is 10.7. The highest BCUT2D eigenvalue weighted by atomic mass is 16.3. The van der Waals surface area contributed by atoms with Gasteiger partial charge in [-0.3, -0.25) is 53.3 Å². The zero-order chi connectivity index (χ0) is 65.7. The molecule has 1 heterocycles. The van der Waals surface area contributed by atoms with Crippen molar-refractivity contribution >= 4 is 65.0 Å². The monoisotopic (exact) mass is 1220 g/mol. The van der Waals surface area contributed by atoms with Gasteiger partial charge in [-0.2, -0.15) is 0 Å². The second-order valence-electron chi connectivity index (χ2n) is 24.8. The number of nitrogens with zero attached hydrogens (tertiary/aromatic N) is 8. The summed E-state index contributed by atoms with van der Waals surface area (Å²) < 4.78 is 0. The van der Waals surface area contributed by atoms with E-state index < -0.39 is 108 Å². The van der Waals surface area contributed by atoms with Crippen LogP contribution in [0.25, 0.3) is 0 Å². The molecule has 484 valence electrons. The van der Waals surface area contributed by atoms with Crippen LogP contribution in [0.2, 0.25) is 0 Å². The van der Waals surface area contributed by atoms with Crippen molar-refractivity contribution in [3.05, 3.63) is 71.8 Å². The van der Waals surface area contributed by atoms with Gasteiger partial charge in [0.1, 0.15) is 36.3 Å². The van der Waals surface area contributed by atoms with Crippen LogP contribution in [0.5, 0.6) is 0 Å². The van der Waals surface area contributed by atoms with Crippen molar-refractivity contribution in [3.63, 3.8) is 0 Å². The zero-order valence-electron chi connectivity index (χ0n) is 54.5. The number of urea groups is 1. The molecule has 23 heteroatoms. The Kier molecular flexibility index (Phi) is 29.7. The van der Waals surface area contributed by atoms with Crippen LogP contribution in [-0.2, 0) is 60.8 Å². The highest BCUT2D eigenvalue weighted by Crippen LogP contribution is 2.23. The highest BCUT2D eigenvalue weighted by molar-refractivity contribution is 6.02. The summed E-state index contributed by atoms with van der Waals surface area (Å²) in [5.74, 6) is -5.87. The van der Waals surface area contributed by atoms with Gasteiger partial charge in [0.15, 0.2) is 5.78 Å². The first kappa shape index (κ1) is 74.0. The highest BCUT2D eigenvalue weighted by Gasteiger charge is 2.42. The minimum Gasteiger partial charge on any atom is -0.391 e. The number of benzene rings is 2. The smallest absolute Gasteiger partial charge is 0.324 e. The number of carbonyl (C=O) groups excluding carboxylic acids is 11. The molecule has 0 bridgehead atoms. The Labute approximate surface area is 516 Å². The quantitative estimate of drug-likeness (QED) is 0.0844. The molecule has 2 aromatic carbocycles. The van der Waals surface area contributed by atoms with Gasteiger partial charge >= 0.3 is 6.03 Å². The molecule has 0 radical (unpaired) electrons. The predicted molar refractivity (Wildman–Crippen MR) is 332 cm³/mol. The molecule has 1 aliphatic rings. The van der Waals surface area contributed by atoms with Gasteiger partial charge in [0.05, 0.1) is 24.6 Å². The summed E-state index contributed by atoms with van der Waals surface area (Å²) >= 11 is 0. The van der Waals surface area contributed by atoms with Crippen LogP contribution in [0.3, 0.4) is 0 Å². The number of likely N-dealkylation sites (N-methyl/N-ethyl adjacent to an activating group) is 6. The van der Waals surface area contributed by atoms with Crippen molar-refractivity contribution in [2.24, 2.45) is 23.5 Å².